The molecule has 2 unspecified atom stereocenters. The Hall–Kier alpha value is -0.380. The van der Waals surface area contributed by atoms with Crippen LogP contribution in [0.25, 0.3) is 0 Å². The Labute approximate surface area is 108 Å². The number of rotatable bonds is 5. The predicted octanol–water partition coefficient (Wildman–Crippen LogP) is 2.71. The lowest BCUT2D eigenvalue weighted by atomic mass is 9.99. The van der Waals surface area contributed by atoms with Gasteiger partial charge in [0.15, 0.2) is 0 Å². The Bertz CT molecular complexity index is 345. The molecular formula is C14H22N2S. The highest BCUT2D eigenvalue weighted by molar-refractivity contribution is 7.09. The minimum absolute atomic E-state index is 0.773. The van der Waals surface area contributed by atoms with Gasteiger partial charge in [0.1, 0.15) is 0 Å². The molecule has 2 heterocycles. The molecule has 2 atom stereocenters. The fourth-order valence-corrected chi connectivity index (χ4v) is 3.74. The van der Waals surface area contributed by atoms with Crippen LogP contribution in [0.1, 0.15) is 31.1 Å². The molecule has 0 radical (unpaired) electrons. The Morgan fingerprint density at radius 1 is 1.41 bits per heavy atom. The van der Waals surface area contributed by atoms with Crippen molar-refractivity contribution in [3.05, 3.63) is 22.4 Å². The van der Waals surface area contributed by atoms with Gasteiger partial charge in [0, 0.05) is 30.1 Å². The van der Waals surface area contributed by atoms with E-state index in [9.17, 15) is 0 Å². The zero-order chi connectivity index (χ0) is 11.7. The van der Waals surface area contributed by atoms with Crippen LogP contribution in [0, 0.1) is 5.92 Å². The lowest BCUT2D eigenvalue weighted by Crippen LogP contribution is -2.41. The third-order valence-electron chi connectivity index (χ3n) is 4.19. The molecule has 1 aliphatic carbocycles. The molecule has 0 spiro atoms. The molecule has 0 amide bonds. The fraction of sp³-hybridized carbons (Fsp3) is 0.714. The van der Waals surface area contributed by atoms with Gasteiger partial charge in [-0.3, -0.25) is 4.90 Å². The van der Waals surface area contributed by atoms with Crippen molar-refractivity contribution in [3.63, 3.8) is 0 Å². The van der Waals surface area contributed by atoms with Gasteiger partial charge in [-0.05, 0) is 36.8 Å². The summed E-state index contributed by atoms with van der Waals surface area (Å²) in [5.41, 5.74) is 0. The summed E-state index contributed by atoms with van der Waals surface area (Å²) in [4.78, 5) is 4.30. The summed E-state index contributed by atoms with van der Waals surface area (Å²) in [5.74, 6) is 0.857. The Kier molecular flexibility index (Phi) is 3.50. The van der Waals surface area contributed by atoms with E-state index in [4.69, 9.17) is 0 Å². The maximum atomic E-state index is 3.58. The molecule has 94 valence electrons. The lowest BCUT2D eigenvalue weighted by Gasteiger charge is -2.32. The topological polar surface area (TPSA) is 15.3 Å². The lowest BCUT2D eigenvalue weighted by molar-refractivity contribution is 0.153. The number of hydrogen-bond acceptors (Lipinski definition) is 3. The Morgan fingerprint density at radius 3 is 2.94 bits per heavy atom. The molecule has 3 rings (SSSR count). The van der Waals surface area contributed by atoms with Crippen molar-refractivity contribution in [2.75, 3.05) is 13.1 Å². The number of hydrogen-bond donors (Lipinski definition) is 1. The molecule has 0 bridgehead atoms. The summed E-state index contributed by atoms with van der Waals surface area (Å²) < 4.78 is 0. The van der Waals surface area contributed by atoms with Crippen molar-refractivity contribution in [2.24, 2.45) is 5.92 Å². The van der Waals surface area contributed by atoms with Crippen molar-refractivity contribution >= 4 is 11.3 Å². The second-order valence-corrected chi connectivity index (χ2v) is 6.41. The van der Waals surface area contributed by atoms with Crippen LogP contribution in [0.3, 0.4) is 0 Å². The number of nitrogens with zero attached hydrogens (tertiary/aromatic N) is 1. The van der Waals surface area contributed by atoms with Crippen LogP contribution in [0.4, 0.5) is 0 Å². The van der Waals surface area contributed by atoms with Crippen LogP contribution in [0.15, 0.2) is 17.5 Å². The van der Waals surface area contributed by atoms with Crippen LogP contribution in [0.2, 0.25) is 0 Å². The summed E-state index contributed by atoms with van der Waals surface area (Å²) in [6.07, 6.45) is 4.14. The molecule has 1 saturated carbocycles. The van der Waals surface area contributed by atoms with Crippen LogP contribution < -0.4 is 5.32 Å². The SMILES string of the molecule is CCC1CNCC1N(Cc1cccs1)C1CC1. The second kappa shape index (κ2) is 5.09. The van der Waals surface area contributed by atoms with Crippen LogP contribution in [0.5, 0.6) is 0 Å². The van der Waals surface area contributed by atoms with E-state index in [2.05, 4.69) is 34.7 Å². The van der Waals surface area contributed by atoms with Gasteiger partial charge in [-0.15, -0.1) is 11.3 Å². The average Bonchev–Trinajstić information content (AvgIpc) is 2.89. The van der Waals surface area contributed by atoms with Crippen molar-refractivity contribution in [3.8, 4) is 0 Å². The van der Waals surface area contributed by atoms with E-state index in [-0.39, 0.29) is 0 Å². The molecule has 2 aliphatic rings. The maximum Gasteiger partial charge on any atom is 0.0334 e. The zero-order valence-electron chi connectivity index (χ0n) is 10.6. The molecule has 1 aliphatic heterocycles. The van der Waals surface area contributed by atoms with Gasteiger partial charge in [0.05, 0.1) is 0 Å². The monoisotopic (exact) mass is 250 g/mol. The number of thiophene rings is 1. The van der Waals surface area contributed by atoms with Gasteiger partial charge < -0.3 is 5.32 Å². The Balaban J connectivity index is 1.71. The van der Waals surface area contributed by atoms with Crippen LogP contribution in [-0.2, 0) is 6.54 Å². The summed E-state index contributed by atoms with van der Waals surface area (Å²) in [6, 6.07) is 6.10. The highest BCUT2D eigenvalue weighted by Gasteiger charge is 2.39. The molecule has 1 aromatic rings. The van der Waals surface area contributed by atoms with E-state index >= 15 is 0 Å². The van der Waals surface area contributed by atoms with Crippen LogP contribution in [-0.4, -0.2) is 30.1 Å². The third-order valence-corrected chi connectivity index (χ3v) is 5.05. The van der Waals surface area contributed by atoms with Crippen molar-refractivity contribution < 1.29 is 0 Å². The molecule has 1 N–H and O–H groups in total. The van der Waals surface area contributed by atoms with E-state index in [1.807, 2.05) is 11.3 Å². The fourth-order valence-electron chi connectivity index (χ4n) is 3.03. The molecule has 1 saturated heterocycles. The summed E-state index contributed by atoms with van der Waals surface area (Å²) in [6.45, 7) is 5.92. The molecule has 0 aromatic carbocycles. The van der Waals surface area contributed by atoms with E-state index in [0.717, 1.165) is 18.0 Å². The van der Waals surface area contributed by atoms with Crippen LogP contribution >= 0.6 is 11.3 Å². The molecule has 2 fully saturated rings. The normalized spacial score (nSPS) is 29.1. The largest absolute Gasteiger partial charge is 0.315 e. The van der Waals surface area contributed by atoms with Gasteiger partial charge in [0.2, 0.25) is 0 Å². The van der Waals surface area contributed by atoms with Crippen molar-refractivity contribution in [1.29, 1.82) is 0 Å². The molecular weight excluding hydrogens is 228 g/mol. The van der Waals surface area contributed by atoms with Gasteiger partial charge in [-0.1, -0.05) is 19.4 Å². The molecule has 17 heavy (non-hydrogen) atoms. The van der Waals surface area contributed by atoms with Gasteiger partial charge >= 0.3 is 0 Å². The average molecular weight is 250 g/mol. The van der Waals surface area contributed by atoms with Gasteiger partial charge in [-0.25, -0.2) is 0 Å². The summed E-state index contributed by atoms with van der Waals surface area (Å²) in [5, 5.41) is 5.78. The smallest absolute Gasteiger partial charge is 0.0334 e. The van der Waals surface area contributed by atoms with E-state index in [1.54, 1.807) is 0 Å². The first-order valence-corrected chi connectivity index (χ1v) is 7.75. The standard InChI is InChI=1S/C14H22N2S/c1-2-11-8-15-9-14(11)16(12-5-6-12)10-13-4-3-7-17-13/h3-4,7,11-12,14-15H,2,5-6,8-10H2,1H3. The predicted molar refractivity (Wildman–Crippen MR) is 73.3 cm³/mol. The molecule has 1 aromatic heterocycles. The zero-order valence-corrected chi connectivity index (χ0v) is 11.4. The highest BCUT2D eigenvalue weighted by Crippen LogP contribution is 2.34. The summed E-state index contributed by atoms with van der Waals surface area (Å²) >= 11 is 1.90. The summed E-state index contributed by atoms with van der Waals surface area (Å²) in [7, 11) is 0. The number of nitrogens with one attached hydrogen (secondary N) is 1. The third kappa shape index (κ3) is 2.56. The Morgan fingerprint density at radius 2 is 2.29 bits per heavy atom. The van der Waals surface area contributed by atoms with Crippen molar-refractivity contribution in [1.82, 2.24) is 10.2 Å². The maximum absolute atomic E-state index is 3.58. The van der Waals surface area contributed by atoms with Crippen molar-refractivity contribution in [2.45, 2.75) is 44.8 Å². The van der Waals surface area contributed by atoms with E-state index in [1.165, 1.54) is 43.8 Å². The minimum Gasteiger partial charge on any atom is -0.315 e. The minimum atomic E-state index is 0.773. The first kappa shape index (κ1) is 11.7. The quantitative estimate of drug-likeness (QED) is 0.864. The van der Waals surface area contributed by atoms with Gasteiger partial charge in [-0.2, -0.15) is 0 Å². The highest BCUT2D eigenvalue weighted by atomic mass is 32.1. The van der Waals surface area contributed by atoms with E-state index in [0.29, 0.717) is 0 Å². The molecule has 3 heteroatoms. The first-order valence-electron chi connectivity index (χ1n) is 6.87. The second-order valence-electron chi connectivity index (χ2n) is 5.38. The first-order chi connectivity index (χ1) is 8.38. The molecule has 2 nitrogen and oxygen atoms in total. The van der Waals surface area contributed by atoms with Gasteiger partial charge in [0.25, 0.3) is 0 Å². The van der Waals surface area contributed by atoms with E-state index < -0.39 is 0 Å².